The Labute approximate surface area is 152 Å². The molecule has 0 aliphatic carbocycles. The fourth-order valence-electron chi connectivity index (χ4n) is 2.40. The second-order valence-electron chi connectivity index (χ2n) is 5.76. The number of nitrogens with one attached hydrogen (secondary N) is 2. The minimum absolute atomic E-state index is 0.124. The quantitative estimate of drug-likeness (QED) is 0.715. The number of carbonyl (C=O) groups excluding carboxylic acids is 1. The molecule has 1 amide bonds. The monoisotopic (exact) mass is 366 g/mol. The number of anilines is 2. The van der Waals surface area contributed by atoms with Gasteiger partial charge in [0.25, 0.3) is 15.9 Å². The number of rotatable bonds is 5. The number of carbonyl (C=O) groups is 1. The van der Waals surface area contributed by atoms with Crippen LogP contribution in [0.4, 0.5) is 11.4 Å². The van der Waals surface area contributed by atoms with Gasteiger partial charge in [-0.15, -0.1) is 0 Å². The zero-order valence-corrected chi connectivity index (χ0v) is 15.0. The van der Waals surface area contributed by atoms with Crippen LogP contribution in [0, 0.1) is 6.92 Å². The molecule has 2 N–H and O–H groups in total. The number of sulfonamides is 1. The Bertz CT molecular complexity index is 1010. The highest BCUT2D eigenvalue weighted by Gasteiger charge is 2.15. The van der Waals surface area contributed by atoms with Crippen LogP contribution >= 0.6 is 0 Å². The molecule has 0 saturated carbocycles. The van der Waals surface area contributed by atoms with E-state index in [1.807, 2.05) is 25.1 Å². The average molecular weight is 366 g/mol. The van der Waals surface area contributed by atoms with E-state index in [-0.39, 0.29) is 10.8 Å². The van der Waals surface area contributed by atoms with Gasteiger partial charge < -0.3 is 5.32 Å². The third-order valence-corrected chi connectivity index (χ3v) is 5.23. The van der Waals surface area contributed by atoms with Crippen LogP contribution in [-0.2, 0) is 10.0 Å². The summed E-state index contributed by atoms with van der Waals surface area (Å²) in [5, 5.41) is 2.74. The van der Waals surface area contributed by atoms with E-state index in [1.165, 1.54) is 12.1 Å². The van der Waals surface area contributed by atoms with Gasteiger partial charge in [-0.05, 0) is 55.0 Å². The lowest BCUT2D eigenvalue weighted by Gasteiger charge is -2.11. The van der Waals surface area contributed by atoms with Crippen molar-refractivity contribution in [1.82, 2.24) is 0 Å². The third-order valence-electron chi connectivity index (χ3n) is 3.85. The van der Waals surface area contributed by atoms with Gasteiger partial charge in [0.15, 0.2) is 0 Å². The number of aryl methyl sites for hydroxylation is 1. The first kappa shape index (κ1) is 17.7. The van der Waals surface area contributed by atoms with E-state index in [9.17, 15) is 13.2 Å². The number of hydrogen-bond donors (Lipinski definition) is 2. The van der Waals surface area contributed by atoms with Crippen molar-refractivity contribution in [2.45, 2.75) is 11.8 Å². The predicted molar refractivity (Wildman–Crippen MR) is 103 cm³/mol. The maximum atomic E-state index is 12.5. The van der Waals surface area contributed by atoms with Gasteiger partial charge >= 0.3 is 0 Å². The molecule has 26 heavy (non-hydrogen) atoms. The van der Waals surface area contributed by atoms with Crippen molar-refractivity contribution in [1.29, 1.82) is 0 Å². The first-order chi connectivity index (χ1) is 12.5. The molecule has 0 aliphatic rings. The zero-order chi connectivity index (χ0) is 18.6. The smallest absolute Gasteiger partial charge is 0.261 e. The molecule has 0 heterocycles. The number of hydrogen-bond acceptors (Lipinski definition) is 3. The van der Waals surface area contributed by atoms with E-state index in [0.29, 0.717) is 16.9 Å². The van der Waals surface area contributed by atoms with E-state index >= 15 is 0 Å². The van der Waals surface area contributed by atoms with Crippen LogP contribution in [0.15, 0.2) is 83.8 Å². The summed E-state index contributed by atoms with van der Waals surface area (Å²) in [6.07, 6.45) is 0. The van der Waals surface area contributed by atoms with Crippen molar-refractivity contribution < 1.29 is 13.2 Å². The zero-order valence-electron chi connectivity index (χ0n) is 14.1. The first-order valence-corrected chi connectivity index (χ1v) is 9.49. The first-order valence-electron chi connectivity index (χ1n) is 8.01. The van der Waals surface area contributed by atoms with Crippen molar-refractivity contribution >= 4 is 27.3 Å². The van der Waals surface area contributed by atoms with Gasteiger partial charge in [0, 0.05) is 11.3 Å². The highest BCUT2D eigenvalue weighted by Crippen LogP contribution is 2.21. The molecule has 0 aliphatic heterocycles. The van der Waals surface area contributed by atoms with Crippen LogP contribution in [0.5, 0.6) is 0 Å². The van der Waals surface area contributed by atoms with Gasteiger partial charge in [-0.1, -0.05) is 36.4 Å². The Morgan fingerprint density at radius 2 is 1.42 bits per heavy atom. The molecule has 3 aromatic carbocycles. The molecule has 0 atom stereocenters. The predicted octanol–water partition coefficient (Wildman–Crippen LogP) is 4.05. The minimum Gasteiger partial charge on any atom is -0.322 e. The third kappa shape index (κ3) is 4.10. The van der Waals surface area contributed by atoms with Gasteiger partial charge in [0.05, 0.1) is 10.6 Å². The van der Waals surface area contributed by atoms with Gasteiger partial charge in [0.2, 0.25) is 0 Å². The molecule has 0 bridgehead atoms. The van der Waals surface area contributed by atoms with Gasteiger partial charge in [-0.25, -0.2) is 8.42 Å². The fraction of sp³-hybridized carbons (Fsp3) is 0.0500. The Morgan fingerprint density at radius 1 is 0.808 bits per heavy atom. The normalized spacial score (nSPS) is 11.0. The molecule has 6 heteroatoms. The van der Waals surface area contributed by atoms with Crippen molar-refractivity contribution in [3.8, 4) is 0 Å². The molecule has 3 aromatic rings. The molecule has 0 radical (unpaired) electrons. The molecule has 3 rings (SSSR count). The second-order valence-corrected chi connectivity index (χ2v) is 7.45. The molecule has 0 spiro atoms. The molecular weight excluding hydrogens is 348 g/mol. The van der Waals surface area contributed by atoms with Crippen LogP contribution < -0.4 is 10.0 Å². The lowest BCUT2D eigenvalue weighted by Crippen LogP contribution is -2.14. The highest BCUT2D eigenvalue weighted by molar-refractivity contribution is 7.92. The number of para-hydroxylation sites is 1. The topological polar surface area (TPSA) is 75.3 Å². The van der Waals surface area contributed by atoms with Crippen molar-refractivity contribution in [2.75, 3.05) is 10.0 Å². The molecule has 0 unspecified atom stereocenters. The molecule has 0 aromatic heterocycles. The van der Waals surface area contributed by atoms with E-state index in [2.05, 4.69) is 10.0 Å². The standard InChI is InChI=1S/C20H18N2O3S/c1-15-7-5-6-10-19(15)22-26(24,25)18-13-11-17(12-14-18)21-20(23)16-8-3-2-4-9-16/h2-14,22H,1H3,(H,21,23). The summed E-state index contributed by atoms with van der Waals surface area (Å²) in [5.74, 6) is -0.251. The summed E-state index contributed by atoms with van der Waals surface area (Å²) < 4.78 is 27.6. The summed E-state index contributed by atoms with van der Waals surface area (Å²) in [6.45, 7) is 1.83. The van der Waals surface area contributed by atoms with E-state index in [1.54, 1.807) is 48.5 Å². The summed E-state index contributed by atoms with van der Waals surface area (Å²) in [5.41, 5.74) is 2.43. The Balaban J connectivity index is 1.74. The highest BCUT2D eigenvalue weighted by atomic mass is 32.2. The van der Waals surface area contributed by atoms with Gasteiger partial charge in [0.1, 0.15) is 0 Å². The number of amides is 1. The molecular formula is C20H18N2O3S. The lowest BCUT2D eigenvalue weighted by atomic mass is 10.2. The van der Waals surface area contributed by atoms with Crippen LogP contribution in [0.3, 0.4) is 0 Å². The largest absolute Gasteiger partial charge is 0.322 e. The summed E-state index contributed by atoms with van der Waals surface area (Å²) >= 11 is 0. The Hall–Kier alpha value is -3.12. The summed E-state index contributed by atoms with van der Waals surface area (Å²) in [6, 6.07) is 22.0. The maximum Gasteiger partial charge on any atom is 0.261 e. The fourth-order valence-corrected chi connectivity index (χ4v) is 3.53. The van der Waals surface area contributed by atoms with Gasteiger partial charge in [-0.3, -0.25) is 9.52 Å². The Morgan fingerprint density at radius 3 is 2.08 bits per heavy atom. The summed E-state index contributed by atoms with van der Waals surface area (Å²) in [7, 11) is -3.70. The molecule has 132 valence electrons. The van der Waals surface area contributed by atoms with E-state index in [0.717, 1.165) is 5.56 Å². The molecule has 0 saturated heterocycles. The van der Waals surface area contributed by atoms with Crippen LogP contribution in [0.25, 0.3) is 0 Å². The number of benzene rings is 3. The van der Waals surface area contributed by atoms with Crippen LogP contribution in [-0.4, -0.2) is 14.3 Å². The Kier molecular flexibility index (Phi) is 5.04. The minimum atomic E-state index is -3.70. The average Bonchev–Trinajstić information content (AvgIpc) is 2.65. The van der Waals surface area contributed by atoms with Crippen molar-refractivity contribution in [3.05, 3.63) is 90.0 Å². The molecule has 5 nitrogen and oxygen atoms in total. The van der Waals surface area contributed by atoms with Crippen molar-refractivity contribution in [3.63, 3.8) is 0 Å². The maximum absolute atomic E-state index is 12.5. The van der Waals surface area contributed by atoms with E-state index in [4.69, 9.17) is 0 Å². The SMILES string of the molecule is Cc1ccccc1NS(=O)(=O)c1ccc(NC(=O)c2ccccc2)cc1. The van der Waals surface area contributed by atoms with E-state index < -0.39 is 10.0 Å². The summed E-state index contributed by atoms with van der Waals surface area (Å²) in [4.78, 5) is 12.3. The van der Waals surface area contributed by atoms with Crippen molar-refractivity contribution in [2.24, 2.45) is 0 Å². The van der Waals surface area contributed by atoms with Crippen LogP contribution in [0.1, 0.15) is 15.9 Å². The van der Waals surface area contributed by atoms with Gasteiger partial charge in [-0.2, -0.15) is 0 Å². The lowest BCUT2D eigenvalue weighted by molar-refractivity contribution is 0.102. The molecule has 0 fully saturated rings. The second kappa shape index (κ2) is 7.41. The van der Waals surface area contributed by atoms with Crippen LogP contribution in [0.2, 0.25) is 0 Å².